The zero-order chi connectivity index (χ0) is 9.97. The topological polar surface area (TPSA) is 15.3 Å². The summed E-state index contributed by atoms with van der Waals surface area (Å²) < 4.78 is 0. The quantitative estimate of drug-likeness (QED) is 0.762. The van der Waals surface area contributed by atoms with Crippen molar-refractivity contribution in [3.05, 3.63) is 0 Å². The van der Waals surface area contributed by atoms with Gasteiger partial charge in [0, 0.05) is 24.4 Å². The summed E-state index contributed by atoms with van der Waals surface area (Å²) in [4.78, 5) is 2.61. The molecule has 0 spiro atoms. The molecule has 82 valence electrons. The maximum absolute atomic E-state index is 3.80. The van der Waals surface area contributed by atoms with Crippen molar-refractivity contribution in [2.75, 3.05) is 31.6 Å². The van der Waals surface area contributed by atoms with Crippen molar-refractivity contribution in [1.29, 1.82) is 0 Å². The van der Waals surface area contributed by atoms with E-state index in [2.05, 4.69) is 23.4 Å². The van der Waals surface area contributed by atoms with Gasteiger partial charge in [0.05, 0.1) is 0 Å². The first-order valence-corrected chi connectivity index (χ1v) is 7.16. The summed E-state index contributed by atoms with van der Waals surface area (Å²) in [7, 11) is 0. The third kappa shape index (κ3) is 2.44. The minimum absolute atomic E-state index is 0.683. The minimum atomic E-state index is 0.683. The van der Waals surface area contributed by atoms with Crippen LogP contribution in [0, 0.1) is 5.92 Å². The van der Waals surface area contributed by atoms with Gasteiger partial charge in [-0.3, -0.25) is 0 Å². The second-order valence-corrected chi connectivity index (χ2v) is 5.68. The normalized spacial score (nSPS) is 38.6. The van der Waals surface area contributed by atoms with Gasteiger partial charge in [0.1, 0.15) is 0 Å². The Morgan fingerprint density at radius 1 is 1.43 bits per heavy atom. The van der Waals surface area contributed by atoms with Crippen LogP contribution in [0.3, 0.4) is 0 Å². The summed E-state index contributed by atoms with van der Waals surface area (Å²) in [5.41, 5.74) is 0. The lowest BCUT2D eigenvalue weighted by Gasteiger charge is -2.33. The second-order valence-electron chi connectivity index (χ2n) is 4.77. The molecule has 2 fully saturated rings. The molecule has 3 heteroatoms. The molecule has 0 amide bonds. The standard InChI is InChI=1S/C11H22N2S/c1-9(8-14-2)12-11-4-6-13-5-3-10(11)7-13/h9-12H,3-8H2,1-2H3. The van der Waals surface area contributed by atoms with Gasteiger partial charge >= 0.3 is 0 Å². The van der Waals surface area contributed by atoms with Crippen LogP contribution in [-0.2, 0) is 0 Å². The smallest absolute Gasteiger partial charge is 0.0132 e. The largest absolute Gasteiger partial charge is 0.310 e. The average Bonchev–Trinajstić information content (AvgIpc) is 2.54. The molecule has 0 aromatic rings. The van der Waals surface area contributed by atoms with E-state index in [1.807, 2.05) is 11.8 Å². The van der Waals surface area contributed by atoms with Gasteiger partial charge in [-0.05, 0) is 45.0 Å². The first-order valence-electron chi connectivity index (χ1n) is 5.77. The summed E-state index contributed by atoms with van der Waals surface area (Å²) in [5, 5.41) is 3.80. The fourth-order valence-electron chi connectivity index (χ4n) is 2.83. The Hall–Kier alpha value is 0.270. The van der Waals surface area contributed by atoms with E-state index in [1.165, 1.54) is 38.2 Å². The maximum atomic E-state index is 3.80. The summed E-state index contributed by atoms with van der Waals surface area (Å²) in [6.45, 7) is 6.33. The van der Waals surface area contributed by atoms with E-state index in [0.29, 0.717) is 6.04 Å². The van der Waals surface area contributed by atoms with Crippen molar-refractivity contribution in [3.8, 4) is 0 Å². The van der Waals surface area contributed by atoms with Gasteiger partial charge < -0.3 is 10.2 Å². The third-order valence-electron chi connectivity index (χ3n) is 3.55. The summed E-state index contributed by atoms with van der Waals surface area (Å²) >= 11 is 1.94. The zero-order valence-electron chi connectivity index (χ0n) is 9.33. The summed E-state index contributed by atoms with van der Waals surface area (Å²) in [5.74, 6) is 2.18. The zero-order valence-corrected chi connectivity index (χ0v) is 10.1. The Labute approximate surface area is 91.8 Å². The predicted octanol–water partition coefficient (Wildman–Crippen LogP) is 1.42. The van der Waals surface area contributed by atoms with Crippen molar-refractivity contribution in [1.82, 2.24) is 10.2 Å². The van der Waals surface area contributed by atoms with Crippen LogP contribution in [0.25, 0.3) is 0 Å². The molecule has 4 atom stereocenters. The van der Waals surface area contributed by atoms with Gasteiger partial charge in [-0.1, -0.05) is 0 Å². The fraction of sp³-hybridized carbons (Fsp3) is 1.00. The van der Waals surface area contributed by atoms with Gasteiger partial charge in [-0.15, -0.1) is 0 Å². The highest BCUT2D eigenvalue weighted by Gasteiger charge is 2.34. The Morgan fingerprint density at radius 3 is 3.00 bits per heavy atom. The lowest BCUT2D eigenvalue weighted by molar-refractivity contribution is 0.214. The van der Waals surface area contributed by atoms with Gasteiger partial charge in [0.15, 0.2) is 0 Å². The third-order valence-corrected chi connectivity index (χ3v) is 4.38. The highest BCUT2D eigenvalue weighted by molar-refractivity contribution is 7.98. The highest BCUT2D eigenvalue weighted by atomic mass is 32.2. The van der Waals surface area contributed by atoms with Crippen LogP contribution in [0.5, 0.6) is 0 Å². The molecule has 0 aliphatic carbocycles. The summed E-state index contributed by atoms with van der Waals surface area (Å²) in [6, 6.07) is 1.48. The van der Waals surface area contributed by atoms with E-state index in [4.69, 9.17) is 0 Å². The van der Waals surface area contributed by atoms with Crippen LogP contribution in [0.2, 0.25) is 0 Å². The van der Waals surface area contributed by atoms with Crippen LogP contribution < -0.4 is 5.32 Å². The molecule has 2 saturated heterocycles. The molecule has 2 nitrogen and oxygen atoms in total. The van der Waals surface area contributed by atoms with E-state index in [9.17, 15) is 0 Å². The lowest BCUT2D eigenvalue weighted by atomic mass is 9.93. The fourth-order valence-corrected chi connectivity index (χ4v) is 3.43. The van der Waals surface area contributed by atoms with Crippen molar-refractivity contribution >= 4 is 11.8 Å². The van der Waals surface area contributed by atoms with E-state index < -0.39 is 0 Å². The molecule has 14 heavy (non-hydrogen) atoms. The number of fused-ring (bicyclic) bond motifs is 2. The van der Waals surface area contributed by atoms with E-state index >= 15 is 0 Å². The number of nitrogens with one attached hydrogen (secondary N) is 1. The molecule has 2 bridgehead atoms. The molecule has 0 radical (unpaired) electrons. The lowest BCUT2D eigenvalue weighted by Crippen LogP contribution is -2.47. The molecule has 1 N–H and O–H groups in total. The van der Waals surface area contributed by atoms with E-state index in [0.717, 1.165) is 12.0 Å². The minimum Gasteiger partial charge on any atom is -0.310 e. The average molecular weight is 214 g/mol. The summed E-state index contributed by atoms with van der Waals surface area (Å²) in [6.07, 6.45) is 4.98. The van der Waals surface area contributed by atoms with Gasteiger partial charge in [0.25, 0.3) is 0 Å². The number of nitrogens with zero attached hydrogens (tertiary/aromatic N) is 1. The molecule has 2 rings (SSSR count). The molecule has 2 heterocycles. The van der Waals surface area contributed by atoms with Crippen molar-refractivity contribution in [3.63, 3.8) is 0 Å². The van der Waals surface area contributed by atoms with Crippen LogP contribution in [0.4, 0.5) is 0 Å². The number of hydrogen-bond acceptors (Lipinski definition) is 3. The number of rotatable bonds is 4. The first kappa shape index (κ1) is 10.8. The maximum Gasteiger partial charge on any atom is 0.0132 e. The second kappa shape index (κ2) is 4.86. The Bertz CT molecular complexity index is 186. The first-order chi connectivity index (χ1) is 6.79. The Balaban J connectivity index is 1.79. The van der Waals surface area contributed by atoms with Gasteiger partial charge in [-0.2, -0.15) is 11.8 Å². The number of piperidine rings is 1. The molecular formula is C11H22N2S. The Kier molecular flexibility index (Phi) is 3.74. The van der Waals surface area contributed by atoms with E-state index in [-0.39, 0.29) is 0 Å². The molecule has 0 saturated carbocycles. The predicted molar refractivity (Wildman–Crippen MR) is 63.9 cm³/mol. The number of thioether (sulfide) groups is 1. The van der Waals surface area contributed by atoms with Crippen LogP contribution in [0.15, 0.2) is 0 Å². The molecule has 2 aliphatic heterocycles. The Morgan fingerprint density at radius 2 is 2.21 bits per heavy atom. The molecule has 4 unspecified atom stereocenters. The van der Waals surface area contributed by atoms with Crippen molar-refractivity contribution < 1.29 is 0 Å². The molecule has 0 aromatic carbocycles. The van der Waals surface area contributed by atoms with Gasteiger partial charge in [-0.25, -0.2) is 0 Å². The molecular weight excluding hydrogens is 192 g/mol. The molecule has 2 aliphatic rings. The van der Waals surface area contributed by atoms with Crippen LogP contribution in [-0.4, -0.2) is 48.6 Å². The van der Waals surface area contributed by atoms with Crippen LogP contribution in [0.1, 0.15) is 19.8 Å². The molecule has 0 aromatic heterocycles. The van der Waals surface area contributed by atoms with Crippen molar-refractivity contribution in [2.45, 2.75) is 31.8 Å². The van der Waals surface area contributed by atoms with Crippen LogP contribution >= 0.6 is 11.8 Å². The number of hydrogen-bond donors (Lipinski definition) is 1. The highest BCUT2D eigenvalue weighted by Crippen LogP contribution is 2.27. The van der Waals surface area contributed by atoms with Crippen molar-refractivity contribution in [2.24, 2.45) is 5.92 Å². The SMILES string of the molecule is CSCC(C)NC1CCN2CCC1C2. The van der Waals surface area contributed by atoms with Gasteiger partial charge in [0.2, 0.25) is 0 Å². The monoisotopic (exact) mass is 214 g/mol. The van der Waals surface area contributed by atoms with E-state index in [1.54, 1.807) is 0 Å².